The van der Waals surface area contributed by atoms with E-state index in [9.17, 15) is 28.8 Å². The molecule has 3 amide bonds. The number of carbonyl (C=O) groups is 6. The number of methoxy groups -OCH3 is 1. The Kier molecular flexibility index (Phi) is 8.00. The van der Waals surface area contributed by atoms with Crippen LogP contribution < -0.4 is 5.32 Å². The Morgan fingerprint density at radius 3 is 2.33 bits per heavy atom. The molecular formula is C26H28N6O9S2. The van der Waals surface area contributed by atoms with Crippen LogP contribution in [-0.4, -0.2) is 97.7 Å². The Morgan fingerprint density at radius 1 is 1.07 bits per heavy atom. The first-order chi connectivity index (χ1) is 20.4. The molecule has 0 spiro atoms. The molecule has 1 aromatic rings. The van der Waals surface area contributed by atoms with Crippen molar-refractivity contribution in [3.63, 3.8) is 0 Å². The Hall–Kier alpha value is -3.95. The highest BCUT2D eigenvalue weighted by molar-refractivity contribution is 8.02. The van der Waals surface area contributed by atoms with E-state index in [4.69, 9.17) is 19.7 Å². The summed E-state index contributed by atoms with van der Waals surface area (Å²) in [5, 5.41) is 5.25. The van der Waals surface area contributed by atoms with Crippen molar-refractivity contribution in [2.75, 3.05) is 13.9 Å². The first-order valence-electron chi connectivity index (χ1n) is 13.2. The highest BCUT2D eigenvalue weighted by atomic mass is 32.2. The Morgan fingerprint density at radius 2 is 1.72 bits per heavy atom. The second-order valence-corrected chi connectivity index (χ2v) is 14.3. The Balaban J connectivity index is 1.21. The van der Waals surface area contributed by atoms with Crippen LogP contribution in [0.4, 0.5) is 0 Å². The number of rotatable bonds is 9. The monoisotopic (exact) mass is 632 g/mol. The molecule has 228 valence electrons. The summed E-state index contributed by atoms with van der Waals surface area (Å²) >= 11 is 2.42. The Labute approximate surface area is 253 Å². The van der Waals surface area contributed by atoms with Gasteiger partial charge in [-0.3, -0.25) is 19.2 Å². The summed E-state index contributed by atoms with van der Waals surface area (Å²) < 4.78 is 13.0. The van der Waals surface area contributed by atoms with Gasteiger partial charge < -0.3 is 29.3 Å². The third kappa shape index (κ3) is 5.04. The van der Waals surface area contributed by atoms with Gasteiger partial charge in [-0.2, -0.15) is 0 Å². The summed E-state index contributed by atoms with van der Waals surface area (Å²) in [5.74, 6) is -3.96. The van der Waals surface area contributed by atoms with Crippen LogP contribution in [0.3, 0.4) is 0 Å². The van der Waals surface area contributed by atoms with Crippen LogP contribution in [0, 0.1) is 0 Å². The van der Waals surface area contributed by atoms with Gasteiger partial charge in [0.05, 0.1) is 18.9 Å². The minimum Gasteiger partial charge on any atom is -0.468 e. The summed E-state index contributed by atoms with van der Waals surface area (Å²) in [6, 6.07) is 3.89. The van der Waals surface area contributed by atoms with Crippen molar-refractivity contribution >= 4 is 59.2 Å². The lowest BCUT2D eigenvalue weighted by atomic mass is 9.95. The Bertz CT molecular complexity index is 1440. The molecule has 7 atom stereocenters. The van der Waals surface area contributed by atoms with E-state index in [1.807, 2.05) is 0 Å². The standard InChI is InChI=1S/C26H28N6O9S2/c1-25(2)17(22(36)40-11-41-23(37)18-26(3,24(38)39-4)42-14-10-13(33)31(14)18)32-20(35)16(21(32)43-25)28-19(34)15(29-30-27)12-8-6-5-7-9-12/h5-9,14-18,21H,10-11H2,1-4H3,(H,28,34)/t14-,15?,16+,17-,18-,21+,26+/m0/s1. The fourth-order valence-electron chi connectivity index (χ4n) is 5.74. The number of amides is 3. The van der Waals surface area contributed by atoms with Crippen molar-refractivity contribution < 1.29 is 43.0 Å². The van der Waals surface area contributed by atoms with E-state index in [0.717, 1.165) is 11.8 Å². The minimum absolute atomic E-state index is 0.176. The number of hydrogen-bond acceptors (Lipinski definition) is 12. The van der Waals surface area contributed by atoms with E-state index in [0.29, 0.717) is 5.56 Å². The molecule has 4 saturated heterocycles. The zero-order valence-electron chi connectivity index (χ0n) is 23.5. The number of ether oxygens (including phenoxy) is 3. The van der Waals surface area contributed by atoms with Crippen LogP contribution >= 0.6 is 23.5 Å². The number of azide groups is 1. The van der Waals surface area contributed by atoms with Crippen LogP contribution in [0.5, 0.6) is 0 Å². The number of fused-ring (bicyclic) bond motifs is 2. The molecule has 5 rings (SSSR count). The number of nitrogens with one attached hydrogen (secondary N) is 1. The lowest BCUT2D eigenvalue weighted by Gasteiger charge is -2.44. The molecule has 17 heteroatoms. The maximum Gasteiger partial charge on any atom is 0.333 e. The van der Waals surface area contributed by atoms with Crippen LogP contribution in [0.2, 0.25) is 0 Å². The molecule has 1 N–H and O–H groups in total. The lowest BCUT2D eigenvalue weighted by molar-refractivity contribution is -0.182. The second-order valence-electron chi connectivity index (χ2n) is 10.9. The van der Waals surface area contributed by atoms with Gasteiger partial charge in [0.1, 0.15) is 28.2 Å². The average molecular weight is 633 g/mol. The summed E-state index contributed by atoms with van der Waals surface area (Å²) in [6.07, 6.45) is 0.176. The van der Waals surface area contributed by atoms with E-state index in [-0.39, 0.29) is 17.7 Å². The fourth-order valence-corrected chi connectivity index (χ4v) is 9.03. The quantitative estimate of drug-likeness (QED) is 0.103. The van der Waals surface area contributed by atoms with Crippen LogP contribution in [0.1, 0.15) is 38.8 Å². The van der Waals surface area contributed by atoms with Crippen molar-refractivity contribution in [2.24, 2.45) is 5.11 Å². The van der Waals surface area contributed by atoms with Gasteiger partial charge in [-0.15, -0.1) is 23.5 Å². The predicted molar refractivity (Wildman–Crippen MR) is 150 cm³/mol. The van der Waals surface area contributed by atoms with Gasteiger partial charge in [0.2, 0.25) is 24.5 Å². The molecule has 0 aliphatic carbocycles. The zero-order chi connectivity index (χ0) is 31.3. The summed E-state index contributed by atoms with van der Waals surface area (Å²) in [6.45, 7) is 4.16. The summed E-state index contributed by atoms with van der Waals surface area (Å²) in [7, 11) is 1.18. The van der Waals surface area contributed by atoms with Crippen molar-refractivity contribution in [1.29, 1.82) is 0 Å². The van der Waals surface area contributed by atoms with Crippen molar-refractivity contribution in [3.8, 4) is 0 Å². The molecule has 0 saturated carbocycles. The molecule has 1 aromatic carbocycles. The molecule has 4 fully saturated rings. The molecule has 0 aromatic heterocycles. The number of carbonyl (C=O) groups excluding carboxylic acids is 6. The van der Waals surface area contributed by atoms with Gasteiger partial charge >= 0.3 is 17.9 Å². The lowest BCUT2D eigenvalue weighted by Crippen LogP contribution is -2.71. The normalized spacial score (nSPS) is 30.5. The van der Waals surface area contributed by atoms with Gasteiger partial charge in [-0.05, 0) is 31.9 Å². The van der Waals surface area contributed by atoms with E-state index in [2.05, 4.69) is 15.3 Å². The molecule has 43 heavy (non-hydrogen) atoms. The van der Waals surface area contributed by atoms with Crippen molar-refractivity contribution in [3.05, 3.63) is 46.3 Å². The molecule has 0 radical (unpaired) electrons. The van der Waals surface area contributed by atoms with Gasteiger partial charge in [0, 0.05) is 9.66 Å². The minimum atomic E-state index is -1.40. The van der Waals surface area contributed by atoms with Gasteiger partial charge in [0.25, 0.3) is 0 Å². The number of esters is 3. The number of benzene rings is 1. The summed E-state index contributed by atoms with van der Waals surface area (Å²) in [4.78, 5) is 82.3. The van der Waals surface area contributed by atoms with E-state index in [1.54, 1.807) is 44.2 Å². The largest absolute Gasteiger partial charge is 0.468 e. The molecule has 0 bridgehead atoms. The van der Waals surface area contributed by atoms with Crippen LogP contribution in [0.25, 0.3) is 10.4 Å². The maximum absolute atomic E-state index is 13.2. The first-order valence-corrected chi connectivity index (χ1v) is 14.9. The molecule has 4 heterocycles. The topological polar surface area (TPSA) is 197 Å². The fraction of sp³-hybridized carbons (Fsp3) is 0.538. The third-order valence-corrected chi connectivity index (χ3v) is 11.0. The number of nitrogens with zero attached hydrogens (tertiary/aromatic N) is 5. The first kappa shape index (κ1) is 30.5. The highest BCUT2D eigenvalue weighted by Gasteiger charge is 2.66. The van der Waals surface area contributed by atoms with Gasteiger partial charge in [-0.1, -0.05) is 35.4 Å². The van der Waals surface area contributed by atoms with E-state index < -0.39 is 75.6 Å². The van der Waals surface area contributed by atoms with Crippen molar-refractivity contribution in [2.45, 2.75) is 71.6 Å². The van der Waals surface area contributed by atoms with E-state index >= 15 is 0 Å². The average Bonchev–Trinajstić information content (AvgIpc) is 3.38. The van der Waals surface area contributed by atoms with Gasteiger partial charge in [0.15, 0.2) is 6.04 Å². The molecule has 1 unspecified atom stereocenters. The number of β-lactam (4-membered cyclic amide) rings is 2. The molecule has 15 nitrogen and oxygen atoms in total. The van der Waals surface area contributed by atoms with Crippen molar-refractivity contribution in [1.82, 2.24) is 15.1 Å². The third-order valence-electron chi connectivity index (χ3n) is 7.84. The predicted octanol–water partition coefficient (Wildman–Crippen LogP) is 1.23. The smallest absolute Gasteiger partial charge is 0.333 e. The second kappa shape index (κ2) is 11.3. The SMILES string of the molecule is COC(=O)[C@]1(C)S[C@H]2CC(=O)N2[C@H]1C(=O)OCOC(=O)[C@@H]1N2C(=O)[C@@H](NC(=O)C(N=[N+]=[N-])c3ccccc3)[C@H]2SC1(C)C. The van der Waals surface area contributed by atoms with Crippen LogP contribution in [0.15, 0.2) is 35.4 Å². The summed E-state index contributed by atoms with van der Waals surface area (Å²) in [5.41, 5.74) is 9.42. The molecular weight excluding hydrogens is 604 g/mol. The molecule has 4 aliphatic heterocycles. The van der Waals surface area contributed by atoms with E-state index in [1.165, 1.54) is 35.6 Å². The maximum atomic E-state index is 13.2. The van der Waals surface area contributed by atoms with Crippen LogP contribution in [-0.2, 0) is 43.0 Å². The van der Waals surface area contributed by atoms with Gasteiger partial charge in [-0.25, -0.2) is 9.59 Å². The molecule has 4 aliphatic rings. The highest BCUT2D eigenvalue weighted by Crippen LogP contribution is 2.52. The number of thioether (sulfide) groups is 2. The number of hydrogen-bond donors (Lipinski definition) is 1. The zero-order valence-corrected chi connectivity index (χ0v) is 25.1.